The van der Waals surface area contributed by atoms with E-state index in [1.807, 2.05) is 0 Å². The maximum absolute atomic E-state index is 12.5. The Balaban J connectivity index is 0.000000220. The Morgan fingerprint density at radius 2 is 1.64 bits per heavy atom. The number of hydrogen-bond donors (Lipinski definition) is 2. The molecule has 0 aliphatic heterocycles. The number of halogens is 4. The Labute approximate surface area is 131 Å². The molecule has 0 aromatic carbocycles. The number of rotatable bonds is 0. The summed E-state index contributed by atoms with van der Waals surface area (Å²) in [7, 11) is 0. The molecule has 0 bridgehead atoms. The largest absolute Gasteiger partial charge is 0.492 e. The quantitative estimate of drug-likeness (QED) is 0.712. The van der Waals surface area contributed by atoms with Crippen LogP contribution < -0.4 is 5.56 Å². The van der Waals surface area contributed by atoms with E-state index in [1.54, 1.807) is 11.1 Å². The number of H-pyrrole nitrogens is 1. The van der Waals surface area contributed by atoms with Crippen LogP contribution in [-0.4, -0.2) is 15.1 Å². The van der Waals surface area contributed by atoms with Crippen molar-refractivity contribution in [3.63, 3.8) is 0 Å². The van der Waals surface area contributed by atoms with Crippen LogP contribution in [0.2, 0.25) is 10.3 Å². The molecule has 0 amide bonds. The fraction of sp³-hybridized carbons (Fsp3) is 0. The lowest BCUT2D eigenvalue weighted by molar-refractivity contribution is 0.409. The highest BCUT2D eigenvalue weighted by molar-refractivity contribution is 6.33. The molecule has 0 fully saturated rings. The molecular weight excluding hydrogens is 341 g/mol. The van der Waals surface area contributed by atoms with Crippen LogP contribution in [0.25, 0.3) is 0 Å². The minimum absolute atomic E-state index is 0.0198. The molecule has 0 saturated carbocycles. The third-order valence-corrected chi connectivity index (χ3v) is 2.65. The van der Waals surface area contributed by atoms with E-state index in [-0.39, 0.29) is 21.4 Å². The molecule has 0 spiro atoms. The van der Waals surface area contributed by atoms with Crippen LogP contribution in [0.15, 0.2) is 16.9 Å². The van der Waals surface area contributed by atoms with Gasteiger partial charge in [-0.25, -0.2) is 13.8 Å². The molecule has 0 radical (unpaired) electrons. The van der Waals surface area contributed by atoms with Crippen LogP contribution in [-0.2, 0) is 0 Å². The van der Waals surface area contributed by atoms with Gasteiger partial charge in [-0.2, -0.15) is 10.5 Å². The lowest BCUT2D eigenvalue weighted by atomic mass is 10.3. The molecule has 6 nitrogen and oxygen atoms in total. The molecule has 2 aromatic rings. The van der Waals surface area contributed by atoms with Gasteiger partial charge in [-0.05, 0) is 6.07 Å². The third kappa shape index (κ3) is 4.16. The minimum atomic E-state index is -1.01. The first-order valence-corrected chi connectivity index (χ1v) is 5.99. The van der Waals surface area contributed by atoms with Crippen LogP contribution in [0.4, 0.5) is 8.78 Å². The summed E-state index contributed by atoms with van der Waals surface area (Å²) >= 11 is 10.7. The lowest BCUT2D eigenvalue weighted by Gasteiger charge is -1.95. The van der Waals surface area contributed by atoms with Crippen LogP contribution in [0.1, 0.15) is 11.1 Å². The van der Waals surface area contributed by atoms with E-state index in [9.17, 15) is 13.6 Å². The number of nitrogens with zero attached hydrogens (tertiary/aromatic N) is 3. The second-order valence-corrected chi connectivity index (χ2v) is 4.25. The van der Waals surface area contributed by atoms with Gasteiger partial charge < -0.3 is 5.11 Å². The van der Waals surface area contributed by atoms with Crippen molar-refractivity contribution in [1.29, 1.82) is 10.5 Å². The molecule has 0 unspecified atom stereocenters. The van der Waals surface area contributed by atoms with Gasteiger partial charge >= 0.3 is 0 Å². The van der Waals surface area contributed by atoms with Gasteiger partial charge in [-0.3, -0.25) is 9.78 Å². The molecule has 2 N–H and O–H groups in total. The van der Waals surface area contributed by atoms with E-state index in [1.165, 1.54) is 6.07 Å². The van der Waals surface area contributed by atoms with Gasteiger partial charge in [0.15, 0.2) is 16.8 Å². The molecule has 0 aliphatic rings. The van der Waals surface area contributed by atoms with Crippen molar-refractivity contribution in [2.75, 3.05) is 0 Å². The van der Waals surface area contributed by atoms with E-state index in [0.717, 1.165) is 6.07 Å². The summed E-state index contributed by atoms with van der Waals surface area (Å²) in [6.07, 6.45) is 0. The predicted octanol–water partition coefficient (Wildman–Crippen LogP) is 2.49. The predicted molar refractivity (Wildman–Crippen MR) is 72.3 cm³/mol. The van der Waals surface area contributed by atoms with E-state index in [2.05, 4.69) is 4.98 Å². The van der Waals surface area contributed by atoms with E-state index < -0.39 is 23.1 Å². The molecule has 10 heteroatoms. The number of pyridine rings is 2. The summed E-state index contributed by atoms with van der Waals surface area (Å²) in [6.45, 7) is 0. The second-order valence-electron chi connectivity index (χ2n) is 3.53. The van der Waals surface area contributed by atoms with Gasteiger partial charge in [0.05, 0.1) is 5.56 Å². The van der Waals surface area contributed by atoms with Gasteiger partial charge in [0.25, 0.3) is 5.56 Å². The van der Waals surface area contributed by atoms with Crippen molar-refractivity contribution < 1.29 is 13.9 Å². The molecule has 2 aromatic heterocycles. The highest BCUT2D eigenvalue weighted by Gasteiger charge is 2.07. The van der Waals surface area contributed by atoms with Crippen molar-refractivity contribution >= 4 is 23.2 Å². The maximum Gasteiger partial charge on any atom is 0.268 e. The first kappa shape index (κ1) is 17.4. The molecular formula is C12H4Cl2F2N4O2. The molecule has 0 atom stereocenters. The normalized spacial score (nSPS) is 9.18. The van der Waals surface area contributed by atoms with Crippen molar-refractivity contribution in [3.8, 4) is 18.0 Å². The van der Waals surface area contributed by atoms with Crippen molar-refractivity contribution in [3.05, 3.63) is 55.6 Å². The van der Waals surface area contributed by atoms with Crippen molar-refractivity contribution in [1.82, 2.24) is 9.97 Å². The Morgan fingerprint density at radius 1 is 1.09 bits per heavy atom. The van der Waals surface area contributed by atoms with Crippen LogP contribution >= 0.6 is 23.2 Å². The summed E-state index contributed by atoms with van der Waals surface area (Å²) in [4.78, 5) is 15.8. The van der Waals surface area contributed by atoms with Crippen LogP contribution in [0, 0.1) is 34.3 Å². The second kappa shape index (κ2) is 7.36. The van der Waals surface area contributed by atoms with Gasteiger partial charge in [-0.1, -0.05) is 23.2 Å². The average Bonchev–Trinajstić information content (AvgIpc) is 2.47. The monoisotopic (exact) mass is 344 g/mol. The Kier molecular flexibility index (Phi) is 5.81. The summed E-state index contributed by atoms with van der Waals surface area (Å²) in [5.41, 5.74) is -1.18. The van der Waals surface area contributed by atoms with Crippen LogP contribution in [0.3, 0.4) is 0 Å². The Morgan fingerprint density at radius 3 is 2.18 bits per heavy atom. The van der Waals surface area contributed by atoms with Gasteiger partial charge in [0.2, 0.25) is 5.88 Å². The standard InChI is InChI=1S/C6HCl2FN2.C6H3FN2O2/c7-5-3(2-10)1-4(9)6(8)11-5;7-4-1-3(2-8)5(10)9-6(4)11/h1H;1H,(H2,9,10,11). The lowest BCUT2D eigenvalue weighted by Crippen LogP contribution is -2.09. The zero-order valence-electron chi connectivity index (χ0n) is 10.4. The number of nitrogens with one attached hydrogen (secondary N) is 1. The van der Waals surface area contributed by atoms with Crippen molar-refractivity contribution in [2.24, 2.45) is 0 Å². The van der Waals surface area contributed by atoms with Crippen molar-refractivity contribution in [2.45, 2.75) is 0 Å². The van der Waals surface area contributed by atoms with E-state index in [0.29, 0.717) is 6.07 Å². The summed E-state index contributed by atoms with van der Waals surface area (Å²) in [5, 5.41) is 24.7. The highest BCUT2D eigenvalue weighted by Crippen LogP contribution is 2.18. The zero-order valence-corrected chi connectivity index (χ0v) is 11.9. The summed E-state index contributed by atoms with van der Waals surface area (Å²) in [5.74, 6) is -2.61. The topological polar surface area (TPSA) is 114 Å². The Bertz CT molecular complexity index is 856. The van der Waals surface area contributed by atoms with Gasteiger partial charge in [0.1, 0.15) is 22.9 Å². The Hall–Kier alpha value is -2.68. The molecule has 22 heavy (non-hydrogen) atoms. The first-order valence-electron chi connectivity index (χ1n) is 5.23. The molecule has 0 aliphatic carbocycles. The van der Waals surface area contributed by atoms with Gasteiger partial charge in [0, 0.05) is 6.07 Å². The number of aromatic nitrogens is 2. The van der Waals surface area contributed by atoms with Gasteiger partial charge in [-0.15, -0.1) is 0 Å². The average molecular weight is 345 g/mol. The number of aromatic amines is 1. The molecule has 112 valence electrons. The number of nitriles is 2. The molecule has 2 rings (SSSR count). The van der Waals surface area contributed by atoms with Crippen LogP contribution in [0.5, 0.6) is 5.88 Å². The first-order chi connectivity index (χ1) is 10.3. The highest BCUT2D eigenvalue weighted by atomic mass is 35.5. The maximum atomic E-state index is 12.5. The third-order valence-electron chi connectivity index (χ3n) is 2.10. The number of hydrogen-bond acceptors (Lipinski definition) is 5. The zero-order chi connectivity index (χ0) is 16.9. The fourth-order valence-electron chi connectivity index (χ4n) is 1.10. The fourth-order valence-corrected chi connectivity index (χ4v) is 1.47. The molecule has 0 saturated heterocycles. The van der Waals surface area contributed by atoms with E-state index >= 15 is 0 Å². The minimum Gasteiger partial charge on any atom is -0.492 e. The SMILES string of the molecule is N#Cc1cc(F)c(Cl)nc1Cl.N#Cc1cc(F)c(O)[nH]c1=O. The smallest absolute Gasteiger partial charge is 0.268 e. The summed E-state index contributed by atoms with van der Waals surface area (Å²) < 4.78 is 24.9. The molecule has 2 heterocycles. The number of aromatic hydroxyl groups is 1. The summed E-state index contributed by atoms with van der Waals surface area (Å²) in [6, 6.07) is 4.76. The van der Waals surface area contributed by atoms with E-state index in [4.69, 9.17) is 38.8 Å².